The van der Waals surface area contributed by atoms with Crippen molar-refractivity contribution >= 4 is 33.7 Å². The highest BCUT2D eigenvalue weighted by Gasteiger charge is 2.19. The number of carboxylic acids is 1. The molecular weight excluding hydrogens is 370 g/mol. The standard InChI is InChI=1S/C14H16BrN3O3S/c1-3-18-12(8-21-11-6-4-10(15)5-7-11)16-17-14(18)22-9(2)13(19)20/h4-7,9H,3,8H2,1-2H3,(H,19,20)/t9-/m0/s1. The van der Waals surface area contributed by atoms with Crippen molar-refractivity contribution in [3.05, 3.63) is 34.6 Å². The minimum atomic E-state index is -0.872. The summed E-state index contributed by atoms with van der Waals surface area (Å²) in [5.74, 6) is 0.538. The molecular formula is C14H16BrN3O3S. The molecule has 0 spiro atoms. The molecule has 0 aliphatic heterocycles. The van der Waals surface area contributed by atoms with Crippen LogP contribution in [0.3, 0.4) is 0 Å². The Kier molecular flexibility index (Phi) is 5.84. The quantitative estimate of drug-likeness (QED) is 0.737. The Morgan fingerprint density at radius 1 is 1.41 bits per heavy atom. The van der Waals surface area contributed by atoms with Crippen LogP contribution in [0.4, 0.5) is 0 Å². The second kappa shape index (κ2) is 7.64. The van der Waals surface area contributed by atoms with E-state index in [4.69, 9.17) is 9.84 Å². The Bertz CT molecular complexity index is 645. The van der Waals surface area contributed by atoms with Gasteiger partial charge in [-0.3, -0.25) is 4.79 Å². The van der Waals surface area contributed by atoms with Crippen molar-refractivity contribution in [2.75, 3.05) is 0 Å². The number of aliphatic carboxylic acids is 1. The van der Waals surface area contributed by atoms with Gasteiger partial charge in [0, 0.05) is 11.0 Å². The zero-order chi connectivity index (χ0) is 16.1. The number of nitrogens with zero attached hydrogens (tertiary/aromatic N) is 3. The summed E-state index contributed by atoms with van der Waals surface area (Å²) < 4.78 is 8.53. The van der Waals surface area contributed by atoms with E-state index in [-0.39, 0.29) is 6.61 Å². The van der Waals surface area contributed by atoms with Gasteiger partial charge in [-0.1, -0.05) is 27.7 Å². The zero-order valence-corrected chi connectivity index (χ0v) is 14.6. The smallest absolute Gasteiger partial charge is 0.316 e. The van der Waals surface area contributed by atoms with Gasteiger partial charge in [-0.05, 0) is 38.1 Å². The average molecular weight is 386 g/mol. The number of benzene rings is 1. The van der Waals surface area contributed by atoms with Crippen molar-refractivity contribution < 1.29 is 14.6 Å². The summed E-state index contributed by atoms with van der Waals surface area (Å²) in [6, 6.07) is 7.52. The molecule has 6 nitrogen and oxygen atoms in total. The molecule has 0 saturated carbocycles. The summed E-state index contributed by atoms with van der Waals surface area (Å²) in [6.07, 6.45) is 0. The molecule has 0 aliphatic carbocycles. The van der Waals surface area contributed by atoms with Gasteiger partial charge in [0.25, 0.3) is 0 Å². The minimum Gasteiger partial charge on any atom is -0.486 e. The van der Waals surface area contributed by atoms with Gasteiger partial charge >= 0.3 is 5.97 Å². The molecule has 1 aromatic carbocycles. The first-order valence-corrected chi connectivity index (χ1v) is 8.38. The predicted molar refractivity (Wildman–Crippen MR) is 87.1 cm³/mol. The van der Waals surface area contributed by atoms with E-state index < -0.39 is 11.2 Å². The zero-order valence-electron chi connectivity index (χ0n) is 12.2. The maximum absolute atomic E-state index is 10.9. The number of ether oxygens (including phenoxy) is 1. The first kappa shape index (κ1) is 16.8. The first-order valence-electron chi connectivity index (χ1n) is 6.71. The van der Waals surface area contributed by atoms with E-state index in [1.54, 1.807) is 6.92 Å². The van der Waals surface area contributed by atoms with E-state index in [1.165, 1.54) is 11.8 Å². The van der Waals surface area contributed by atoms with Crippen molar-refractivity contribution in [1.29, 1.82) is 0 Å². The number of hydrogen-bond acceptors (Lipinski definition) is 5. The molecule has 2 rings (SSSR count). The monoisotopic (exact) mass is 385 g/mol. The van der Waals surface area contributed by atoms with Crippen molar-refractivity contribution in [1.82, 2.24) is 14.8 Å². The van der Waals surface area contributed by atoms with Crippen LogP contribution in [0.2, 0.25) is 0 Å². The number of carbonyl (C=O) groups is 1. The Hall–Kier alpha value is -1.54. The fourth-order valence-electron chi connectivity index (χ4n) is 1.72. The lowest BCUT2D eigenvalue weighted by Crippen LogP contribution is -2.13. The number of thioether (sulfide) groups is 1. The van der Waals surface area contributed by atoms with E-state index in [2.05, 4.69) is 26.1 Å². The molecule has 8 heteroatoms. The Morgan fingerprint density at radius 2 is 2.09 bits per heavy atom. The number of rotatable bonds is 7. The molecule has 0 bridgehead atoms. The van der Waals surface area contributed by atoms with Crippen LogP contribution in [0, 0.1) is 0 Å². The predicted octanol–water partition coefficient (Wildman–Crippen LogP) is 3.20. The van der Waals surface area contributed by atoms with E-state index >= 15 is 0 Å². The molecule has 118 valence electrons. The molecule has 22 heavy (non-hydrogen) atoms. The summed E-state index contributed by atoms with van der Waals surface area (Å²) in [7, 11) is 0. The third kappa shape index (κ3) is 4.23. The average Bonchev–Trinajstić information content (AvgIpc) is 2.88. The van der Waals surface area contributed by atoms with Crippen LogP contribution in [0.15, 0.2) is 33.9 Å². The first-order chi connectivity index (χ1) is 10.5. The molecule has 0 fully saturated rings. The van der Waals surface area contributed by atoms with Crippen molar-refractivity contribution in [3.8, 4) is 5.75 Å². The largest absolute Gasteiger partial charge is 0.486 e. The van der Waals surface area contributed by atoms with Crippen LogP contribution >= 0.6 is 27.7 Å². The van der Waals surface area contributed by atoms with Crippen LogP contribution < -0.4 is 4.74 Å². The van der Waals surface area contributed by atoms with Gasteiger partial charge in [-0.25, -0.2) is 0 Å². The molecule has 0 aliphatic rings. The van der Waals surface area contributed by atoms with Crippen molar-refractivity contribution in [2.45, 2.75) is 37.4 Å². The van der Waals surface area contributed by atoms with Gasteiger partial charge in [0.15, 0.2) is 11.0 Å². The summed E-state index contributed by atoms with van der Waals surface area (Å²) in [4.78, 5) is 10.9. The van der Waals surface area contributed by atoms with Crippen molar-refractivity contribution in [3.63, 3.8) is 0 Å². The molecule has 2 aromatic rings. The molecule has 0 amide bonds. The fourth-order valence-corrected chi connectivity index (χ4v) is 2.85. The van der Waals surface area contributed by atoms with E-state index in [9.17, 15) is 4.79 Å². The van der Waals surface area contributed by atoms with Gasteiger partial charge in [-0.2, -0.15) is 0 Å². The molecule has 0 saturated heterocycles. The van der Waals surface area contributed by atoms with Crippen LogP contribution in [-0.4, -0.2) is 31.1 Å². The second-order valence-corrected chi connectivity index (χ2v) is 6.71. The summed E-state index contributed by atoms with van der Waals surface area (Å²) in [6.45, 7) is 4.52. The highest BCUT2D eigenvalue weighted by Crippen LogP contribution is 2.23. The Morgan fingerprint density at radius 3 is 2.68 bits per heavy atom. The lowest BCUT2D eigenvalue weighted by Gasteiger charge is -2.10. The SMILES string of the molecule is CCn1c(COc2ccc(Br)cc2)nnc1S[C@@H](C)C(=O)O. The van der Waals surface area contributed by atoms with Gasteiger partial charge in [0.2, 0.25) is 0 Å². The normalized spacial score (nSPS) is 12.1. The Labute approximate surface area is 141 Å². The van der Waals surface area contributed by atoms with Gasteiger partial charge < -0.3 is 14.4 Å². The molecule has 1 N–H and O–H groups in total. The molecule has 1 atom stereocenters. The third-order valence-corrected chi connectivity index (χ3v) is 4.52. The molecule has 0 radical (unpaired) electrons. The number of halogens is 1. The molecule has 1 aromatic heterocycles. The topological polar surface area (TPSA) is 77.2 Å². The number of aromatic nitrogens is 3. The van der Waals surface area contributed by atoms with Gasteiger partial charge in [0.05, 0.1) is 0 Å². The lowest BCUT2D eigenvalue weighted by molar-refractivity contribution is -0.136. The van der Waals surface area contributed by atoms with Crippen LogP contribution in [0.25, 0.3) is 0 Å². The van der Waals surface area contributed by atoms with Crippen LogP contribution in [-0.2, 0) is 17.9 Å². The van der Waals surface area contributed by atoms with E-state index in [0.717, 1.165) is 10.2 Å². The van der Waals surface area contributed by atoms with Gasteiger partial charge in [0.1, 0.15) is 17.6 Å². The number of carboxylic acid groups (broad SMARTS) is 1. The molecule has 1 heterocycles. The summed E-state index contributed by atoms with van der Waals surface area (Å²) >= 11 is 4.54. The Balaban J connectivity index is 2.06. The maximum atomic E-state index is 10.9. The molecule has 0 unspecified atom stereocenters. The van der Waals surface area contributed by atoms with Crippen LogP contribution in [0.5, 0.6) is 5.75 Å². The highest BCUT2D eigenvalue weighted by molar-refractivity contribution is 9.10. The summed E-state index contributed by atoms with van der Waals surface area (Å²) in [5.41, 5.74) is 0. The van der Waals surface area contributed by atoms with E-state index in [0.29, 0.717) is 17.5 Å². The lowest BCUT2D eigenvalue weighted by atomic mass is 10.3. The van der Waals surface area contributed by atoms with Gasteiger partial charge in [-0.15, -0.1) is 10.2 Å². The second-order valence-electron chi connectivity index (χ2n) is 4.48. The number of hydrogen-bond donors (Lipinski definition) is 1. The highest BCUT2D eigenvalue weighted by atomic mass is 79.9. The summed E-state index contributed by atoms with van der Waals surface area (Å²) in [5, 5.41) is 17.2. The van der Waals surface area contributed by atoms with Crippen molar-refractivity contribution in [2.24, 2.45) is 0 Å². The fraction of sp³-hybridized carbons (Fsp3) is 0.357. The third-order valence-electron chi connectivity index (χ3n) is 2.92. The minimum absolute atomic E-state index is 0.282. The van der Waals surface area contributed by atoms with E-state index in [1.807, 2.05) is 35.8 Å². The maximum Gasteiger partial charge on any atom is 0.316 e. The van der Waals surface area contributed by atoms with Crippen LogP contribution in [0.1, 0.15) is 19.7 Å².